The van der Waals surface area contributed by atoms with Crippen LogP contribution in [0.1, 0.15) is 6.42 Å². The zero-order chi connectivity index (χ0) is 6.41. The minimum Gasteiger partial charge on any atom is -0.760 e. The highest BCUT2D eigenvalue weighted by Gasteiger charge is 1.77. The van der Waals surface area contributed by atoms with Gasteiger partial charge in [-0.3, -0.25) is 4.21 Å². The van der Waals surface area contributed by atoms with E-state index in [0.717, 1.165) is 0 Å². The second kappa shape index (κ2) is 4.96. The third-order valence-corrected chi connectivity index (χ3v) is 1.01. The van der Waals surface area contributed by atoms with Crippen LogP contribution in [0, 0.1) is 0 Å². The summed E-state index contributed by atoms with van der Waals surface area (Å²) in [6.45, 7) is 3.86. The summed E-state index contributed by atoms with van der Waals surface area (Å²) in [5, 5.41) is 0. The topological polar surface area (TPSA) is 52.2 Å². The molecule has 0 bridgehead atoms. The summed E-state index contributed by atoms with van der Waals surface area (Å²) in [6.07, 6.45) is 2.33. The molecule has 0 radical (unpaired) electrons. The zero-order valence-electron chi connectivity index (χ0n) is 4.42. The van der Waals surface area contributed by atoms with Crippen molar-refractivity contribution < 1.29 is 8.76 Å². The van der Waals surface area contributed by atoms with Crippen LogP contribution in [0.3, 0.4) is 0 Å². The Hall–Kier alpha value is -0.190. The van der Waals surface area contributed by atoms with E-state index in [1.807, 2.05) is 0 Å². The molecule has 1 unspecified atom stereocenters. The lowest BCUT2D eigenvalue weighted by molar-refractivity contribution is 0.523. The summed E-state index contributed by atoms with van der Waals surface area (Å²) in [5.41, 5.74) is 0. The Morgan fingerprint density at radius 3 is 2.88 bits per heavy atom. The van der Waals surface area contributed by atoms with Crippen molar-refractivity contribution in [1.29, 1.82) is 0 Å². The molecular formula is C4H8NO2S-. The predicted octanol–water partition coefficient (Wildman–Crippen LogP) is -0.0538. The second-order valence-electron chi connectivity index (χ2n) is 1.21. The predicted molar refractivity (Wildman–Crippen MR) is 31.7 cm³/mol. The van der Waals surface area contributed by atoms with Crippen LogP contribution in [0.5, 0.6) is 0 Å². The summed E-state index contributed by atoms with van der Waals surface area (Å²) in [7, 11) is 0. The second-order valence-corrected chi connectivity index (χ2v) is 1.96. The molecule has 0 aliphatic rings. The first-order valence-electron chi connectivity index (χ1n) is 2.21. The van der Waals surface area contributed by atoms with E-state index >= 15 is 0 Å². The molecule has 0 heterocycles. The Morgan fingerprint density at radius 2 is 2.50 bits per heavy atom. The van der Waals surface area contributed by atoms with E-state index in [-0.39, 0.29) is 0 Å². The van der Waals surface area contributed by atoms with Crippen molar-refractivity contribution in [2.24, 2.45) is 0 Å². The molecule has 0 spiro atoms. The van der Waals surface area contributed by atoms with Crippen LogP contribution in [0.4, 0.5) is 0 Å². The highest BCUT2D eigenvalue weighted by molar-refractivity contribution is 7.77. The third kappa shape index (κ3) is 5.81. The molecule has 1 N–H and O–H groups in total. The molecule has 0 aliphatic carbocycles. The molecular weight excluding hydrogens is 126 g/mol. The Kier molecular flexibility index (Phi) is 4.84. The van der Waals surface area contributed by atoms with E-state index in [0.29, 0.717) is 13.0 Å². The Bertz CT molecular complexity index is 94.0. The minimum atomic E-state index is -2.11. The van der Waals surface area contributed by atoms with Crippen LogP contribution in [0.2, 0.25) is 0 Å². The van der Waals surface area contributed by atoms with Gasteiger partial charge in [0.2, 0.25) is 0 Å². The molecule has 48 valence electrons. The Morgan fingerprint density at radius 1 is 1.88 bits per heavy atom. The molecule has 3 nitrogen and oxygen atoms in total. The minimum absolute atomic E-state index is 0.444. The first-order chi connectivity index (χ1) is 3.77. The van der Waals surface area contributed by atoms with E-state index in [1.165, 1.54) is 0 Å². The first kappa shape index (κ1) is 7.81. The molecule has 1 atom stereocenters. The van der Waals surface area contributed by atoms with Gasteiger partial charge in [-0.15, -0.1) is 6.58 Å². The van der Waals surface area contributed by atoms with Gasteiger partial charge < -0.3 is 4.55 Å². The number of hydrogen-bond acceptors (Lipinski definition) is 2. The van der Waals surface area contributed by atoms with Crippen LogP contribution in [-0.4, -0.2) is 15.3 Å². The van der Waals surface area contributed by atoms with E-state index in [1.54, 1.807) is 6.08 Å². The lowest BCUT2D eigenvalue weighted by Crippen LogP contribution is -2.16. The first-order valence-corrected chi connectivity index (χ1v) is 3.28. The Balaban J connectivity index is 2.93. The van der Waals surface area contributed by atoms with E-state index in [2.05, 4.69) is 11.3 Å². The van der Waals surface area contributed by atoms with E-state index in [4.69, 9.17) is 0 Å². The molecule has 4 heteroatoms. The maximum Gasteiger partial charge on any atom is 0.0181 e. The summed E-state index contributed by atoms with van der Waals surface area (Å²) in [4.78, 5) is 0. The summed E-state index contributed by atoms with van der Waals surface area (Å²) in [5.74, 6) is 0. The third-order valence-electron chi connectivity index (χ3n) is 0.568. The van der Waals surface area contributed by atoms with Crippen LogP contribution >= 0.6 is 0 Å². The summed E-state index contributed by atoms with van der Waals surface area (Å²) >= 11 is -2.11. The molecule has 0 aromatic rings. The molecule has 0 rings (SSSR count). The Labute approximate surface area is 51.2 Å². The molecule has 0 saturated carbocycles. The van der Waals surface area contributed by atoms with Crippen molar-refractivity contribution in [3.8, 4) is 0 Å². The molecule has 8 heavy (non-hydrogen) atoms. The fourth-order valence-corrected chi connectivity index (χ4v) is 0.529. The van der Waals surface area contributed by atoms with Gasteiger partial charge in [0, 0.05) is 17.8 Å². The fourth-order valence-electron chi connectivity index (χ4n) is 0.244. The molecule has 0 aliphatic heterocycles. The van der Waals surface area contributed by atoms with Gasteiger partial charge in [-0.1, -0.05) is 6.08 Å². The van der Waals surface area contributed by atoms with Crippen molar-refractivity contribution in [2.75, 3.05) is 6.54 Å². The molecule has 0 amide bonds. The van der Waals surface area contributed by atoms with Crippen molar-refractivity contribution in [2.45, 2.75) is 6.42 Å². The van der Waals surface area contributed by atoms with Gasteiger partial charge in [0.15, 0.2) is 0 Å². The quantitative estimate of drug-likeness (QED) is 0.333. The molecule has 0 aromatic heterocycles. The average molecular weight is 134 g/mol. The standard InChI is InChI=1S/C4H9NO2S/c1-2-3-4-5-8(6)7/h2,5H,1,3-4H2,(H,6,7)/p-1. The number of rotatable bonds is 4. The van der Waals surface area contributed by atoms with Gasteiger partial charge in [-0.05, 0) is 6.42 Å². The normalized spacial score (nSPS) is 13.1. The fraction of sp³-hybridized carbons (Fsp3) is 0.500. The van der Waals surface area contributed by atoms with E-state index < -0.39 is 11.3 Å². The van der Waals surface area contributed by atoms with Gasteiger partial charge in [0.25, 0.3) is 0 Å². The van der Waals surface area contributed by atoms with Gasteiger partial charge in [0.05, 0.1) is 0 Å². The number of nitrogens with one attached hydrogen (secondary N) is 1. The highest BCUT2D eigenvalue weighted by atomic mass is 32.2. The maximum atomic E-state index is 9.73. The zero-order valence-corrected chi connectivity index (χ0v) is 5.24. The summed E-state index contributed by atoms with van der Waals surface area (Å²) in [6, 6.07) is 0. The summed E-state index contributed by atoms with van der Waals surface area (Å²) < 4.78 is 21.6. The largest absolute Gasteiger partial charge is 0.760 e. The van der Waals surface area contributed by atoms with Gasteiger partial charge >= 0.3 is 0 Å². The SMILES string of the molecule is C=CCCNS(=O)[O-]. The average Bonchev–Trinajstić information content (AvgIpc) is 1.66. The monoisotopic (exact) mass is 134 g/mol. The smallest absolute Gasteiger partial charge is 0.0181 e. The van der Waals surface area contributed by atoms with Crippen LogP contribution in [-0.2, 0) is 11.3 Å². The lowest BCUT2D eigenvalue weighted by atomic mass is 10.4. The number of hydrogen-bond donors (Lipinski definition) is 1. The molecule has 0 saturated heterocycles. The molecule has 0 aromatic carbocycles. The van der Waals surface area contributed by atoms with Crippen molar-refractivity contribution in [3.63, 3.8) is 0 Å². The van der Waals surface area contributed by atoms with Crippen molar-refractivity contribution in [1.82, 2.24) is 4.72 Å². The van der Waals surface area contributed by atoms with Crippen LogP contribution in [0.25, 0.3) is 0 Å². The molecule has 0 fully saturated rings. The van der Waals surface area contributed by atoms with Crippen LogP contribution < -0.4 is 4.72 Å². The van der Waals surface area contributed by atoms with Gasteiger partial charge in [-0.2, -0.15) is 0 Å². The maximum absolute atomic E-state index is 9.73. The van der Waals surface area contributed by atoms with Gasteiger partial charge in [0.1, 0.15) is 0 Å². The van der Waals surface area contributed by atoms with Crippen LogP contribution in [0.15, 0.2) is 12.7 Å². The van der Waals surface area contributed by atoms with Gasteiger partial charge in [-0.25, -0.2) is 4.72 Å². The lowest BCUT2D eigenvalue weighted by Gasteiger charge is -2.03. The van der Waals surface area contributed by atoms with E-state index in [9.17, 15) is 8.76 Å². The highest BCUT2D eigenvalue weighted by Crippen LogP contribution is 1.74. The van der Waals surface area contributed by atoms with Crippen molar-refractivity contribution in [3.05, 3.63) is 12.7 Å². The van der Waals surface area contributed by atoms with Crippen molar-refractivity contribution >= 4 is 11.3 Å².